The number of piperazine rings is 1. The Bertz CT molecular complexity index is 1390. The zero-order valence-electron chi connectivity index (χ0n) is 21.5. The first-order valence-corrected chi connectivity index (χ1v) is 13.5. The Morgan fingerprint density at radius 3 is 2.25 bits per heavy atom. The highest BCUT2D eigenvalue weighted by atomic mass is 32.2. The fourth-order valence-electron chi connectivity index (χ4n) is 4.58. The van der Waals surface area contributed by atoms with E-state index in [1.165, 1.54) is 23.9 Å². The first-order valence-electron chi connectivity index (χ1n) is 12.0. The van der Waals surface area contributed by atoms with Gasteiger partial charge in [-0.2, -0.15) is 0 Å². The van der Waals surface area contributed by atoms with Gasteiger partial charge in [0.15, 0.2) is 0 Å². The third-order valence-corrected chi connectivity index (χ3v) is 8.35. The largest absolute Gasteiger partial charge is 0.465 e. The van der Waals surface area contributed by atoms with E-state index in [1.807, 2.05) is 19.1 Å². The number of hydrogen-bond donors (Lipinski definition) is 1. The fraction of sp³-hybridized carbons (Fsp3) is 0.321. The Morgan fingerprint density at radius 2 is 1.56 bits per heavy atom. The molecule has 0 spiro atoms. The minimum Gasteiger partial charge on any atom is -0.465 e. The molecule has 4 rings (SSSR count). The number of hydrogen-bond acceptors (Lipinski definition) is 6. The van der Waals surface area contributed by atoms with E-state index in [-0.39, 0.29) is 16.1 Å². The van der Waals surface area contributed by atoms with Gasteiger partial charge in [-0.15, -0.1) is 0 Å². The Hall–Kier alpha value is -3.52. The zero-order valence-corrected chi connectivity index (χ0v) is 22.3. The van der Waals surface area contributed by atoms with Crippen LogP contribution in [0.15, 0.2) is 59.5 Å². The molecule has 0 saturated carbocycles. The normalized spacial score (nSPS) is 14.0. The smallest absolute Gasteiger partial charge is 0.340 e. The van der Waals surface area contributed by atoms with Gasteiger partial charge in [-0.3, -0.25) is 4.72 Å². The predicted octanol–water partition coefficient (Wildman–Crippen LogP) is 4.83. The highest BCUT2D eigenvalue weighted by Gasteiger charge is 2.24. The molecule has 36 heavy (non-hydrogen) atoms. The number of sulfonamides is 1. The van der Waals surface area contributed by atoms with E-state index in [9.17, 15) is 13.2 Å². The summed E-state index contributed by atoms with van der Waals surface area (Å²) in [5.74, 6) is -0.593. The van der Waals surface area contributed by atoms with Crippen LogP contribution in [0.4, 0.5) is 17.1 Å². The van der Waals surface area contributed by atoms with E-state index in [0.29, 0.717) is 5.56 Å². The minimum absolute atomic E-state index is 0.181. The molecule has 3 aromatic carbocycles. The Morgan fingerprint density at radius 1 is 0.861 bits per heavy atom. The lowest BCUT2D eigenvalue weighted by Gasteiger charge is -2.38. The van der Waals surface area contributed by atoms with Crippen molar-refractivity contribution in [3.8, 4) is 0 Å². The monoisotopic (exact) mass is 507 g/mol. The summed E-state index contributed by atoms with van der Waals surface area (Å²) >= 11 is 0. The summed E-state index contributed by atoms with van der Waals surface area (Å²) in [6.45, 7) is 11.1. The molecule has 0 bridgehead atoms. The summed E-state index contributed by atoms with van der Waals surface area (Å²) in [5.41, 5.74) is 6.51. The van der Waals surface area contributed by atoms with Crippen molar-refractivity contribution in [1.29, 1.82) is 0 Å². The van der Waals surface area contributed by atoms with Crippen LogP contribution in [0.1, 0.15) is 32.6 Å². The quantitative estimate of drug-likeness (QED) is 0.482. The molecule has 0 amide bonds. The van der Waals surface area contributed by atoms with Crippen LogP contribution in [0.2, 0.25) is 0 Å². The molecular formula is C28H33N3O4S. The molecule has 8 heteroatoms. The topological polar surface area (TPSA) is 79.0 Å². The number of anilines is 3. The van der Waals surface area contributed by atoms with Crippen molar-refractivity contribution in [2.24, 2.45) is 0 Å². The van der Waals surface area contributed by atoms with Gasteiger partial charge in [-0.1, -0.05) is 24.3 Å². The van der Waals surface area contributed by atoms with Crippen molar-refractivity contribution < 1.29 is 17.9 Å². The maximum absolute atomic E-state index is 13.2. The Balaban J connectivity index is 1.57. The lowest BCUT2D eigenvalue weighted by molar-refractivity contribution is 0.0602. The molecule has 0 atom stereocenters. The molecule has 1 saturated heterocycles. The number of aryl methyl sites for hydroxylation is 3. The Labute approximate surface area is 213 Å². The SMILES string of the molecule is COC(=O)c1cc(N2CCN(c3cccc(C)c3C)CC2)ccc1NS(=O)(=O)c1cc(C)ccc1C. The van der Waals surface area contributed by atoms with Crippen LogP contribution in [0, 0.1) is 27.7 Å². The third kappa shape index (κ3) is 5.18. The second-order valence-corrected chi connectivity index (χ2v) is 10.9. The lowest BCUT2D eigenvalue weighted by Crippen LogP contribution is -2.46. The van der Waals surface area contributed by atoms with Gasteiger partial charge in [0, 0.05) is 37.6 Å². The zero-order chi connectivity index (χ0) is 26.0. The van der Waals surface area contributed by atoms with Crippen molar-refractivity contribution in [1.82, 2.24) is 0 Å². The molecule has 0 unspecified atom stereocenters. The molecule has 0 radical (unpaired) electrons. The fourth-order valence-corrected chi connectivity index (χ4v) is 5.99. The summed E-state index contributed by atoms with van der Waals surface area (Å²) in [6, 6.07) is 16.8. The van der Waals surface area contributed by atoms with Crippen LogP contribution < -0.4 is 14.5 Å². The van der Waals surface area contributed by atoms with Gasteiger partial charge in [-0.05, 0) is 80.3 Å². The number of esters is 1. The van der Waals surface area contributed by atoms with E-state index in [2.05, 4.69) is 46.6 Å². The summed E-state index contributed by atoms with van der Waals surface area (Å²) < 4.78 is 33.9. The van der Waals surface area contributed by atoms with Crippen LogP contribution in [-0.2, 0) is 14.8 Å². The van der Waals surface area contributed by atoms with Crippen molar-refractivity contribution in [2.45, 2.75) is 32.6 Å². The van der Waals surface area contributed by atoms with Crippen LogP contribution in [0.3, 0.4) is 0 Å². The number of ether oxygens (including phenoxy) is 1. The van der Waals surface area contributed by atoms with Gasteiger partial charge in [0.2, 0.25) is 0 Å². The maximum atomic E-state index is 13.2. The molecule has 1 fully saturated rings. The second kappa shape index (κ2) is 10.2. The van der Waals surface area contributed by atoms with Crippen LogP contribution in [0.25, 0.3) is 0 Å². The summed E-state index contributed by atoms with van der Waals surface area (Å²) in [5, 5.41) is 0. The highest BCUT2D eigenvalue weighted by Crippen LogP contribution is 2.30. The van der Waals surface area contributed by atoms with Crippen molar-refractivity contribution in [3.63, 3.8) is 0 Å². The van der Waals surface area contributed by atoms with Gasteiger partial charge in [0.05, 0.1) is 23.3 Å². The van der Waals surface area contributed by atoms with Gasteiger partial charge in [-0.25, -0.2) is 13.2 Å². The standard InChI is InChI=1S/C28H33N3O4S/c1-19-9-10-21(3)27(17-19)36(33,34)29-25-12-11-23(18-24(25)28(32)35-5)30-13-15-31(16-14-30)26-8-6-7-20(2)22(26)4/h6-12,17-18,29H,13-16H2,1-5H3. The van der Waals surface area contributed by atoms with Gasteiger partial charge in [0.1, 0.15) is 0 Å². The molecular weight excluding hydrogens is 474 g/mol. The van der Waals surface area contributed by atoms with Crippen LogP contribution in [0.5, 0.6) is 0 Å². The number of carbonyl (C=O) groups excluding carboxylic acids is 1. The third-order valence-electron chi connectivity index (χ3n) is 6.85. The lowest BCUT2D eigenvalue weighted by atomic mass is 10.1. The van der Waals surface area contributed by atoms with Crippen molar-refractivity contribution in [3.05, 3.63) is 82.4 Å². The molecule has 3 aromatic rings. The molecule has 1 aliphatic rings. The highest BCUT2D eigenvalue weighted by molar-refractivity contribution is 7.92. The molecule has 0 aromatic heterocycles. The van der Waals surface area contributed by atoms with E-state index in [0.717, 1.165) is 37.4 Å². The Kier molecular flexibility index (Phi) is 7.26. The van der Waals surface area contributed by atoms with E-state index < -0.39 is 16.0 Å². The number of nitrogens with zero attached hydrogens (tertiary/aromatic N) is 2. The van der Waals surface area contributed by atoms with E-state index in [1.54, 1.807) is 31.2 Å². The number of nitrogens with one attached hydrogen (secondary N) is 1. The predicted molar refractivity (Wildman–Crippen MR) is 145 cm³/mol. The molecule has 0 aliphatic carbocycles. The number of carbonyl (C=O) groups is 1. The summed E-state index contributed by atoms with van der Waals surface area (Å²) in [6.07, 6.45) is 0. The number of methoxy groups -OCH3 is 1. The second-order valence-electron chi connectivity index (χ2n) is 9.29. The first-order chi connectivity index (χ1) is 17.1. The van der Waals surface area contributed by atoms with Crippen molar-refractivity contribution >= 4 is 33.1 Å². The molecule has 7 nitrogen and oxygen atoms in total. The van der Waals surface area contributed by atoms with E-state index in [4.69, 9.17) is 4.74 Å². The van der Waals surface area contributed by atoms with E-state index >= 15 is 0 Å². The van der Waals surface area contributed by atoms with Gasteiger partial charge in [0.25, 0.3) is 10.0 Å². The summed E-state index contributed by atoms with van der Waals surface area (Å²) in [7, 11) is -2.60. The van der Waals surface area contributed by atoms with Gasteiger partial charge < -0.3 is 14.5 Å². The molecule has 1 aliphatic heterocycles. The number of rotatable bonds is 6. The minimum atomic E-state index is -3.89. The number of benzene rings is 3. The molecule has 1 N–H and O–H groups in total. The van der Waals surface area contributed by atoms with Gasteiger partial charge >= 0.3 is 5.97 Å². The maximum Gasteiger partial charge on any atom is 0.340 e. The van der Waals surface area contributed by atoms with Crippen LogP contribution in [-0.4, -0.2) is 47.7 Å². The van der Waals surface area contributed by atoms with Crippen molar-refractivity contribution in [2.75, 3.05) is 47.8 Å². The molecule has 1 heterocycles. The average Bonchev–Trinajstić information content (AvgIpc) is 2.87. The average molecular weight is 508 g/mol. The first kappa shape index (κ1) is 25.6. The summed E-state index contributed by atoms with van der Waals surface area (Å²) in [4.78, 5) is 17.4. The molecule has 190 valence electrons. The van der Waals surface area contributed by atoms with Crippen LogP contribution >= 0.6 is 0 Å².